The van der Waals surface area contributed by atoms with Crippen molar-refractivity contribution in [2.24, 2.45) is 5.92 Å². The number of hydrogen-bond acceptors (Lipinski definition) is 1. The summed E-state index contributed by atoms with van der Waals surface area (Å²) in [6.07, 6.45) is 2.55. The molecule has 0 saturated heterocycles. The first-order chi connectivity index (χ1) is 6.66. The predicted molar refractivity (Wildman–Crippen MR) is 52.6 cm³/mol. The lowest BCUT2D eigenvalue weighted by atomic mass is 10.0. The number of carbonyl (C=O) groups excluding carboxylic acids is 1. The monoisotopic (exact) mass is 192 g/mol. The van der Waals surface area contributed by atoms with Gasteiger partial charge in [-0.1, -0.05) is 6.07 Å². The third-order valence-corrected chi connectivity index (χ3v) is 2.70. The maximum absolute atomic E-state index is 12.8. The molecule has 14 heavy (non-hydrogen) atoms. The molecule has 0 radical (unpaired) electrons. The number of rotatable bonds is 3. The quantitative estimate of drug-likeness (QED) is 0.719. The molecule has 74 valence electrons. The van der Waals surface area contributed by atoms with Gasteiger partial charge in [-0.15, -0.1) is 0 Å². The second kappa shape index (κ2) is 3.52. The number of ketones is 1. The van der Waals surface area contributed by atoms with E-state index in [1.807, 2.05) is 6.92 Å². The van der Waals surface area contributed by atoms with E-state index in [0.717, 1.165) is 24.0 Å². The summed E-state index contributed by atoms with van der Waals surface area (Å²) in [4.78, 5) is 11.5. The number of halogens is 1. The lowest BCUT2D eigenvalue weighted by Crippen LogP contribution is -2.06. The summed E-state index contributed by atoms with van der Waals surface area (Å²) in [6.45, 7) is 1.85. The minimum Gasteiger partial charge on any atom is -0.299 e. The highest BCUT2D eigenvalue weighted by atomic mass is 19.1. The van der Waals surface area contributed by atoms with Crippen molar-refractivity contribution < 1.29 is 9.18 Å². The molecule has 2 rings (SSSR count). The maximum Gasteiger partial charge on any atom is 0.140 e. The summed E-state index contributed by atoms with van der Waals surface area (Å²) in [6, 6.07) is 4.61. The first-order valence-corrected chi connectivity index (χ1v) is 4.94. The van der Waals surface area contributed by atoms with Crippen LogP contribution in [0.1, 0.15) is 24.0 Å². The Morgan fingerprint density at radius 1 is 1.50 bits per heavy atom. The van der Waals surface area contributed by atoms with Crippen molar-refractivity contribution in [3.05, 3.63) is 35.1 Å². The SMILES string of the molecule is Cc1cc(F)ccc1CC(=O)C1CC1. The van der Waals surface area contributed by atoms with E-state index in [2.05, 4.69) is 0 Å². The Hall–Kier alpha value is -1.18. The molecule has 1 aromatic carbocycles. The fraction of sp³-hybridized carbons (Fsp3) is 0.417. The summed E-state index contributed by atoms with van der Waals surface area (Å²) in [5, 5.41) is 0. The first kappa shape index (κ1) is 9.38. The molecule has 0 atom stereocenters. The minimum absolute atomic E-state index is 0.231. The molecule has 0 unspecified atom stereocenters. The summed E-state index contributed by atoms with van der Waals surface area (Å²) in [7, 11) is 0. The van der Waals surface area contributed by atoms with Gasteiger partial charge in [-0.3, -0.25) is 4.79 Å². The van der Waals surface area contributed by atoms with E-state index in [0.29, 0.717) is 18.1 Å². The standard InChI is InChI=1S/C12H13FO/c1-8-6-11(13)5-4-10(8)7-12(14)9-2-3-9/h4-6,9H,2-3,7H2,1H3. The van der Waals surface area contributed by atoms with Gasteiger partial charge in [0.25, 0.3) is 0 Å². The van der Waals surface area contributed by atoms with Crippen LogP contribution in [0.25, 0.3) is 0 Å². The number of benzene rings is 1. The Balaban J connectivity index is 2.11. The Morgan fingerprint density at radius 2 is 2.21 bits per heavy atom. The fourth-order valence-corrected chi connectivity index (χ4v) is 1.59. The summed E-state index contributed by atoms with van der Waals surface area (Å²) >= 11 is 0. The second-order valence-electron chi connectivity index (χ2n) is 3.99. The molecule has 0 spiro atoms. The van der Waals surface area contributed by atoms with Crippen LogP contribution >= 0.6 is 0 Å². The summed E-state index contributed by atoms with van der Waals surface area (Å²) < 4.78 is 12.8. The average molecular weight is 192 g/mol. The lowest BCUT2D eigenvalue weighted by molar-refractivity contribution is -0.119. The van der Waals surface area contributed by atoms with Crippen LogP contribution in [0.15, 0.2) is 18.2 Å². The highest BCUT2D eigenvalue weighted by molar-refractivity contribution is 5.85. The second-order valence-corrected chi connectivity index (χ2v) is 3.99. The van der Waals surface area contributed by atoms with E-state index >= 15 is 0 Å². The minimum atomic E-state index is -0.231. The van der Waals surface area contributed by atoms with Crippen LogP contribution < -0.4 is 0 Å². The number of carbonyl (C=O) groups is 1. The van der Waals surface area contributed by atoms with Crippen molar-refractivity contribution in [1.29, 1.82) is 0 Å². The first-order valence-electron chi connectivity index (χ1n) is 4.94. The molecule has 1 fully saturated rings. The van der Waals surface area contributed by atoms with Crippen LogP contribution in [0.4, 0.5) is 4.39 Å². The molecule has 0 bridgehead atoms. The number of hydrogen-bond donors (Lipinski definition) is 0. The van der Waals surface area contributed by atoms with Gasteiger partial charge >= 0.3 is 0 Å². The van der Waals surface area contributed by atoms with Crippen molar-refractivity contribution >= 4 is 5.78 Å². The van der Waals surface area contributed by atoms with E-state index in [1.54, 1.807) is 6.07 Å². The molecule has 0 heterocycles. The molecule has 2 heteroatoms. The molecule has 0 aliphatic heterocycles. The van der Waals surface area contributed by atoms with Crippen molar-refractivity contribution in [2.75, 3.05) is 0 Å². The van der Waals surface area contributed by atoms with Crippen LogP contribution in [0.2, 0.25) is 0 Å². The van der Waals surface area contributed by atoms with E-state index in [9.17, 15) is 9.18 Å². The van der Waals surface area contributed by atoms with Gasteiger partial charge in [-0.05, 0) is 43.0 Å². The van der Waals surface area contributed by atoms with Gasteiger partial charge in [0.05, 0.1) is 0 Å². The summed E-state index contributed by atoms with van der Waals surface area (Å²) in [5.74, 6) is 0.365. The smallest absolute Gasteiger partial charge is 0.140 e. The lowest BCUT2D eigenvalue weighted by Gasteiger charge is -2.04. The molecule has 1 saturated carbocycles. The van der Waals surface area contributed by atoms with E-state index in [-0.39, 0.29) is 5.82 Å². The largest absolute Gasteiger partial charge is 0.299 e. The summed E-state index contributed by atoms with van der Waals surface area (Å²) in [5.41, 5.74) is 1.84. The zero-order chi connectivity index (χ0) is 10.1. The van der Waals surface area contributed by atoms with Gasteiger partial charge in [0.2, 0.25) is 0 Å². The molecular weight excluding hydrogens is 179 g/mol. The van der Waals surface area contributed by atoms with Gasteiger partial charge in [-0.25, -0.2) is 4.39 Å². The molecule has 0 aromatic heterocycles. The third-order valence-electron chi connectivity index (χ3n) is 2.70. The topological polar surface area (TPSA) is 17.1 Å². The Kier molecular flexibility index (Phi) is 2.36. The molecule has 1 aliphatic rings. The van der Waals surface area contributed by atoms with Gasteiger partial charge in [-0.2, -0.15) is 0 Å². The van der Waals surface area contributed by atoms with Gasteiger partial charge < -0.3 is 0 Å². The normalized spacial score (nSPS) is 15.6. The van der Waals surface area contributed by atoms with Gasteiger partial charge in [0.1, 0.15) is 11.6 Å². The van der Waals surface area contributed by atoms with E-state index in [1.165, 1.54) is 12.1 Å². The van der Waals surface area contributed by atoms with Crippen molar-refractivity contribution in [3.8, 4) is 0 Å². The molecule has 0 N–H and O–H groups in total. The Labute approximate surface area is 82.9 Å². The van der Waals surface area contributed by atoms with E-state index in [4.69, 9.17) is 0 Å². The maximum atomic E-state index is 12.8. The van der Waals surface area contributed by atoms with Crippen LogP contribution in [-0.4, -0.2) is 5.78 Å². The van der Waals surface area contributed by atoms with Crippen molar-refractivity contribution in [1.82, 2.24) is 0 Å². The van der Waals surface area contributed by atoms with E-state index < -0.39 is 0 Å². The number of Topliss-reactive ketones (excluding diaryl/α,β-unsaturated/α-hetero) is 1. The zero-order valence-electron chi connectivity index (χ0n) is 8.22. The number of aryl methyl sites for hydroxylation is 1. The molecule has 1 aliphatic carbocycles. The molecule has 0 amide bonds. The van der Waals surface area contributed by atoms with Crippen LogP contribution in [-0.2, 0) is 11.2 Å². The third kappa shape index (κ3) is 2.00. The molecular formula is C12H13FO. The highest BCUT2D eigenvalue weighted by Crippen LogP contribution is 2.31. The van der Waals surface area contributed by atoms with Crippen molar-refractivity contribution in [3.63, 3.8) is 0 Å². The van der Waals surface area contributed by atoms with Crippen LogP contribution in [0.5, 0.6) is 0 Å². The highest BCUT2D eigenvalue weighted by Gasteiger charge is 2.29. The fourth-order valence-electron chi connectivity index (χ4n) is 1.59. The zero-order valence-corrected chi connectivity index (χ0v) is 8.22. The van der Waals surface area contributed by atoms with Gasteiger partial charge in [0, 0.05) is 12.3 Å². The average Bonchev–Trinajstić information content (AvgIpc) is 2.92. The van der Waals surface area contributed by atoms with Crippen molar-refractivity contribution in [2.45, 2.75) is 26.2 Å². The van der Waals surface area contributed by atoms with Crippen LogP contribution in [0, 0.1) is 18.7 Å². The Morgan fingerprint density at radius 3 is 2.79 bits per heavy atom. The Bertz CT molecular complexity index is 367. The molecule has 1 nitrogen and oxygen atoms in total. The van der Waals surface area contributed by atoms with Crippen LogP contribution in [0.3, 0.4) is 0 Å². The van der Waals surface area contributed by atoms with Gasteiger partial charge in [0.15, 0.2) is 0 Å². The molecule has 1 aromatic rings. The predicted octanol–water partition coefficient (Wildman–Crippen LogP) is 2.66.